The van der Waals surface area contributed by atoms with E-state index in [-0.39, 0.29) is 24.4 Å². The molecule has 3 rings (SSSR count). The molecule has 2 aromatic rings. The van der Waals surface area contributed by atoms with Crippen LogP contribution in [0.15, 0.2) is 6.07 Å². The minimum absolute atomic E-state index is 0. The van der Waals surface area contributed by atoms with Crippen molar-refractivity contribution in [1.29, 1.82) is 0 Å². The second-order valence-electron chi connectivity index (χ2n) is 5.66. The maximum Gasteiger partial charge on any atom is 0.261 e. The van der Waals surface area contributed by atoms with Crippen molar-refractivity contribution in [3.8, 4) is 0 Å². The zero-order valence-corrected chi connectivity index (χ0v) is 14.1. The van der Waals surface area contributed by atoms with Crippen LogP contribution in [0.1, 0.15) is 41.6 Å². The standard InChI is InChI=1S/C14H20N4OS.ClH/c1-8(2)12-10-6-11(20-14(10)18(3)17-12)13(19)16-9-4-5-15-7-9;/h6,8-9,15H,4-5,7H2,1-3H3,(H,16,19);1H. The van der Waals surface area contributed by atoms with Gasteiger partial charge in [0, 0.05) is 25.0 Å². The van der Waals surface area contributed by atoms with E-state index in [0.29, 0.717) is 5.92 Å². The Balaban J connectivity index is 0.00000161. The first-order valence-corrected chi connectivity index (χ1v) is 7.86. The van der Waals surface area contributed by atoms with Crippen molar-refractivity contribution in [1.82, 2.24) is 20.4 Å². The maximum atomic E-state index is 12.3. The molecule has 7 heteroatoms. The van der Waals surface area contributed by atoms with Crippen LogP contribution in [0.3, 0.4) is 0 Å². The van der Waals surface area contributed by atoms with Crippen molar-refractivity contribution in [2.45, 2.75) is 32.2 Å². The molecule has 116 valence electrons. The van der Waals surface area contributed by atoms with E-state index in [1.165, 1.54) is 11.3 Å². The third-order valence-electron chi connectivity index (χ3n) is 3.71. The highest BCUT2D eigenvalue weighted by atomic mass is 35.5. The SMILES string of the molecule is CC(C)c1nn(C)c2sc(C(=O)NC3CCNC3)cc12.Cl. The van der Waals surface area contributed by atoms with Crippen molar-refractivity contribution in [2.24, 2.45) is 7.05 Å². The molecule has 0 saturated carbocycles. The molecule has 0 spiro atoms. The highest BCUT2D eigenvalue weighted by Crippen LogP contribution is 2.31. The van der Waals surface area contributed by atoms with Crippen molar-refractivity contribution in [3.05, 3.63) is 16.6 Å². The van der Waals surface area contributed by atoms with Crippen molar-refractivity contribution in [3.63, 3.8) is 0 Å². The average molecular weight is 329 g/mol. The molecule has 1 amide bonds. The highest BCUT2D eigenvalue weighted by Gasteiger charge is 2.21. The molecule has 1 unspecified atom stereocenters. The first kappa shape index (κ1) is 16.3. The number of thiophene rings is 1. The van der Waals surface area contributed by atoms with Crippen LogP contribution in [0.4, 0.5) is 0 Å². The van der Waals surface area contributed by atoms with Gasteiger partial charge in [-0.2, -0.15) is 5.10 Å². The van der Waals surface area contributed by atoms with Gasteiger partial charge in [-0.25, -0.2) is 0 Å². The lowest BCUT2D eigenvalue weighted by Crippen LogP contribution is -2.35. The molecule has 0 radical (unpaired) electrons. The lowest BCUT2D eigenvalue weighted by molar-refractivity contribution is 0.0944. The number of aryl methyl sites for hydroxylation is 1. The lowest BCUT2D eigenvalue weighted by Gasteiger charge is -2.09. The van der Waals surface area contributed by atoms with E-state index in [4.69, 9.17) is 0 Å². The summed E-state index contributed by atoms with van der Waals surface area (Å²) in [5.74, 6) is 0.401. The molecule has 0 aliphatic carbocycles. The van der Waals surface area contributed by atoms with Crippen molar-refractivity contribution in [2.75, 3.05) is 13.1 Å². The fraction of sp³-hybridized carbons (Fsp3) is 0.571. The van der Waals surface area contributed by atoms with Crippen LogP contribution < -0.4 is 10.6 Å². The predicted octanol–water partition coefficient (Wildman–Crippen LogP) is 2.27. The summed E-state index contributed by atoms with van der Waals surface area (Å²) in [5.41, 5.74) is 1.07. The molecule has 3 heterocycles. The van der Waals surface area contributed by atoms with Crippen molar-refractivity contribution >= 4 is 39.9 Å². The Bertz CT molecular complexity index is 643. The predicted molar refractivity (Wildman–Crippen MR) is 88.7 cm³/mol. The fourth-order valence-electron chi connectivity index (χ4n) is 2.64. The second kappa shape index (κ2) is 6.34. The van der Waals surface area contributed by atoms with E-state index in [1.807, 2.05) is 17.8 Å². The van der Waals surface area contributed by atoms with Gasteiger partial charge in [-0.3, -0.25) is 9.48 Å². The summed E-state index contributed by atoms with van der Waals surface area (Å²) in [6.45, 7) is 6.11. The number of amides is 1. The number of nitrogens with one attached hydrogen (secondary N) is 2. The number of hydrogen-bond acceptors (Lipinski definition) is 4. The van der Waals surface area contributed by atoms with E-state index in [1.54, 1.807) is 0 Å². The van der Waals surface area contributed by atoms with Crippen LogP contribution in [0.5, 0.6) is 0 Å². The Hall–Kier alpha value is -1.11. The molecule has 1 aliphatic heterocycles. The zero-order chi connectivity index (χ0) is 14.3. The number of halogens is 1. The van der Waals surface area contributed by atoms with Gasteiger partial charge in [0.15, 0.2) is 0 Å². The van der Waals surface area contributed by atoms with Gasteiger partial charge in [0.1, 0.15) is 4.83 Å². The molecule has 5 nitrogen and oxygen atoms in total. The number of carbonyl (C=O) groups is 1. The zero-order valence-electron chi connectivity index (χ0n) is 12.5. The Morgan fingerprint density at radius 1 is 1.57 bits per heavy atom. The number of fused-ring (bicyclic) bond motifs is 1. The molecular formula is C14H21ClN4OS. The third kappa shape index (κ3) is 3.07. The summed E-state index contributed by atoms with van der Waals surface area (Å²) in [7, 11) is 1.94. The first-order valence-electron chi connectivity index (χ1n) is 7.04. The molecule has 2 N–H and O–H groups in total. The maximum absolute atomic E-state index is 12.3. The number of carbonyl (C=O) groups excluding carboxylic acids is 1. The summed E-state index contributed by atoms with van der Waals surface area (Å²) in [6.07, 6.45) is 1.01. The fourth-order valence-corrected chi connectivity index (χ4v) is 3.62. The molecule has 21 heavy (non-hydrogen) atoms. The molecular weight excluding hydrogens is 308 g/mol. The van der Waals surface area contributed by atoms with Gasteiger partial charge in [0.05, 0.1) is 10.6 Å². The van der Waals surface area contributed by atoms with Crippen LogP contribution in [-0.2, 0) is 7.05 Å². The van der Waals surface area contributed by atoms with Gasteiger partial charge in [0.2, 0.25) is 0 Å². The molecule has 1 saturated heterocycles. The number of hydrogen-bond donors (Lipinski definition) is 2. The second-order valence-corrected chi connectivity index (χ2v) is 6.69. The molecule has 1 aliphatic rings. The van der Waals surface area contributed by atoms with Crippen LogP contribution in [0.2, 0.25) is 0 Å². The minimum Gasteiger partial charge on any atom is -0.347 e. The normalized spacial score (nSPS) is 18.2. The van der Waals surface area contributed by atoms with Gasteiger partial charge >= 0.3 is 0 Å². The molecule has 0 bridgehead atoms. The summed E-state index contributed by atoms with van der Waals surface area (Å²) in [5, 5.41) is 12.0. The van der Waals surface area contributed by atoms with E-state index >= 15 is 0 Å². The summed E-state index contributed by atoms with van der Waals surface area (Å²) in [6, 6.07) is 2.25. The van der Waals surface area contributed by atoms with Gasteiger partial charge in [-0.15, -0.1) is 23.7 Å². The minimum atomic E-state index is 0. The summed E-state index contributed by atoms with van der Waals surface area (Å²) < 4.78 is 1.88. The Morgan fingerprint density at radius 3 is 2.95 bits per heavy atom. The Labute approximate surface area is 134 Å². The number of nitrogens with zero attached hydrogens (tertiary/aromatic N) is 2. The largest absolute Gasteiger partial charge is 0.347 e. The highest BCUT2D eigenvalue weighted by molar-refractivity contribution is 7.20. The Kier molecular flexibility index (Phi) is 4.91. The lowest BCUT2D eigenvalue weighted by atomic mass is 10.1. The van der Waals surface area contributed by atoms with Gasteiger partial charge in [-0.1, -0.05) is 13.8 Å². The topological polar surface area (TPSA) is 59.0 Å². The smallest absolute Gasteiger partial charge is 0.261 e. The van der Waals surface area contributed by atoms with E-state index in [0.717, 1.165) is 40.3 Å². The summed E-state index contributed by atoms with van der Waals surface area (Å²) >= 11 is 1.52. The average Bonchev–Trinajstić information content (AvgIpc) is 3.07. The molecule has 1 fully saturated rings. The van der Waals surface area contributed by atoms with Crippen LogP contribution in [0.25, 0.3) is 10.2 Å². The molecule has 2 aromatic heterocycles. The monoisotopic (exact) mass is 328 g/mol. The van der Waals surface area contributed by atoms with Crippen molar-refractivity contribution < 1.29 is 4.79 Å². The van der Waals surface area contributed by atoms with Gasteiger partial charge in [0.25, 0.3) is 5.91 Å². The first-order chi connectivity index (χ1) is 9.56. The van der Waals surface area contributed by atoms with Crippen LogP contribution >= 0.6 is 23.7 Å². The molecule has 0 aromatic carbocycles. The summed E-state index contributed by atoms with van der Waals surface area (Å²) in [4.78, 5) is 14.2. The van der Waals surface area contributed by atoms with Gasteiger partial charge in [-0.05, 0) is 24.9 Å². The number of aromatic nitrogens is 2. The quantitative estimate of drug-likeness (QED) is 0.908. The third-order valence-corrected chi connectivity index (χ3v) is 4.91. The number of rotatable bonds is 3. The van der Waals surface area contributed by atoms with E-state index < -0.39 is 0 Å². The molecule has 1 atom stereocenters. The van der Waals surface area contributed by atoms with Crippen LogP contribution in [-0.4, -0.2) is 34.8 Å². The van der Waals surface area contributed by atoms with E-state index in [9.17, 15) is 4.79 Å². The van der Waals surface area contributed by atoms with Crippen LogP contribution in [0, 0.1) is 0 Å². The Morgan fingerprint density at radius 2 is 2.33 bits per heavy atom. The van der Waals surface area contributed by atoms with E-state index in [2.05, 4.69) is 29.6 Å². The van der Waals surface area contributed by atoms with Gasteiger partial charge < -0.3 is 10.6 Å².